The van der Waals surface area contributed by atoms with E-state index in [0.29, 0.717) is 13.2 Å². The fraction of sp³-hybridized carbons (Fsp3) is 0.533. The first kappa shape index (κ1) is 14.7. The zero-order valence-electron chi connectivity index (χ0n) is 12.3. The van der Waals surface area contributed by atoms with E-state index in [1.54, 1.807) is 7.05 Å². The Balaban J connectivity index is 2.10. The molecule has 0 radical (unpaired) electrons. The summed E-state index contributed by atoms with van der Waals surface area (Å²) < 4.78 is 11.5. The topological polar surface area (TPSA) is 59.6 Å². The second kappa shape index (κ2) is 6.61. The maximum absolute atomic E-state index is 11.2. The van der Waals surface area contributed by atoms with Crippen LogP contribution in [0.1, 0.15) is 25.0 Å². The molecule has 0 bridgehead atoms. The van der Waals surface area contributed by atoms with Gasteiger partial charge in [-0.05, 0) is 26.0 Å². The quantitative estimate of drug-likeness (QED) is 0.822. The summed E-state index contributed by atoms with van der Waals surface area (Å²) >= 11 is 0. The molecule has 5 heteroatoms. The molecule has 0 saturated carbocycles. The van der Waals surface area contributed by atoms with Gasteiger partial charge in [-0.3, -0.25) is 4.79 Å². The van der Waals surface area contributed by atoms with Crippen molar-refractivity contribution >= 4 is 5.91 Å². The van der Waals surface area contributed by atoms with Crippen LogP contribution in [-0.4, -0.2) is 32.2 Å². The van der Waals surface area contributed by atoms with Crippen molar-refractivity contribution < 1.29 is 14.3 Å². The summed E-state index contributed by atoms with van der Waals surface area (Å²) in [5.41, 5.74) is 2.21. The van der Waals surface area contributed by atoms with Crippen LogP contribution in [0, 0.1) is 0 Å². The van der Waals surface area contributed by atoms with Crippen molar-refractivity contribution in [3.05, 3.63) is 23.3 Å². The van der Waals surface area contributed by atoms with Crippen LogP contribution in [0.3, 0.4) is 0 Å². The molecule has 1 aromatic carbocycles. The number of benzene rings is 1. The molecule has 0 saturated heterocycles. The first-order chi connectivity index (χ1) is 9.63. The Bertz CT molecular complexity index is 488. The fourth-order valence-electron chi connectivity index (χ4n) is 2.31. The maximum atomic E-state index is 11.2. The molecule has 1 atom stereocenters. The van der Waals surface area contributed by atoms with Gasteiger partial charge in [-0.25, -0.2) is 0 Å². The average molecular weight is 278 g/mol. The minimum atomic E-state index is -0.0333. The van der Waals surface area contributed by atoms with Crippen molar-refractivity contribution in [2.24, 2.45) is 0 Å². The van der Waals surface area contributed by atoms with Gasteiger partial charge in [0.05, 0.1) is 13.2 Å². The number of hydrogen-bond acceptors (Lipinski definition) is 4. The zero-order valence-corrected chi connectivity index (χ0v) is 12.3. The molecular formula is C15H22N2O3. The molecule has 0 spiro atoms. The van der Waals surface area contributed by atoms with Gasteiger partial charge in [0, 0.05) is 31.1 Å². The van der Waals surface area contributed by atoms with Crippen molar-refractivity contribution in [1.82, 2.24) is 10.6 Å². The minimum absolute atomic E-state index is 0.0333. The summed E-state index contributed by atoms with van der Waals surface area (Å²) in [6.45, 7) is 5.51. The van der Waals surface area contributed by atoms with E-state index in [4.69, 9.17) is 9.47 Å². The van der Waals surface area contributed by atoms with E-state index >= 15 is 0 Å². The lowest BCUT2D eigenvalue weighted by atomic mass is 10.1. The Morgan fingerprint density at radius 3 is 3.00 bits per heavy atom. The number of likely N-dealkylation sites (N-methyl/N-ethyl adjacent to an activating group) is 1. The van der Waals surface area contributed by atoms with Crippen molar-refractivity contribution in [2.75, 3.05) is 20.2 Å². The lowest BCUT2D eigenvalue weighted by molar-refractivity contribution is -0.119. The average Bonchev–Trinajstić information content (AvgIpc) is 2.78. The Kier molecular flexibility index (Phi) is 4.84. The van der Waals surface area contributed by atoms with Gasteiger partial charge in [-0.2, -0.15) is 0 Å². The van der Waals surface area contributed by atoms with Crippen molar-refractivity contribution in [2.45, 2.75) is 32.9 Å². The van der Waals surface area contributed by atoms with Gasteiger partial charge in [0.15, 0.2) is 0 Å². The second-order valence-corrected chi connectivity index (χ2v) is 4.91. The summed E-state index contributed by atoms with van der Waals surface area (Å²) in [7, 11) is 1.63. The molecule has 110 valence electrons. The van der Waals surface area contributed by atoms with Crippen LogP contribution in [-0.2, 0) is 17.8 Å². The van der Waals surface area contributed by atoms with E-state index in [-0.39, 0.29) is 18.6 Å². The van der Waals surface area contributed by atoms with Gasteiger partial charge in [0.2, 0.25) is 5.91 Å². The third-order valence-electron chi connectivity index (χ3n) is 3.26. The molecule has 2 N–H and O–H groups in total. The summed E-state index contributed by atoms with van der Waals surface area (Å²) in [4.78, 5) is 11.2. The van der Waals surface area contributed by atoms with Gasteiger partial charge >= 0.3 is 0 Å². The predicted octanol–water partition coefficient (Wildman–Crippen LogP) is 1.24. The number of carbonyl (C=O) groups excluding carboxylic acids is 1. The van der Waals surface area contributed by atoms with Gasteiger partial charge in [0.25, 0.3) is 0 Å². The zero-order chi connectivity index (χ0) is 14.5. The molecule has 1 aromatic rings. The van der Waals surface area contributed by atoms with Gasteiger partial charge in [0.1, 0.15) is 17.6 Å². The highest BCUT2D eigenvalue weighted by Gasteiger charge is 2.21. The summed E-state index contributed by atoms with van der Waals surface area (Å²) in [6.07, 6.45) is 1.13. The molecule has 1 heterocycles. The molecule has 2 rings (SSSR count). The smallest absolute Gasteiger partial charge is 0.233 e. The molecular weight excluding hydrogens is 256 g/mol. The standard InChI is InChI=1S/C15H22N2O3/c1-4-19-13-6-11-5-10(2)20-14(11)7-12(13)8-17-9-15(18)16-3/h6-7,10,17H,4-5,8-9H2,1-3H3,(H,16,18). The van der Waals surface area contributed by atoms with E-state index in [1.165, 1.54) is 5.56 Å². The molecule has 5 nitrogen and oxygen atoms in total. The lowest BCUT2D eigenvalue weighted by Gasteiger charge is -2.13. The van der Waals surface area contributed by atoms with Crippen LogP contribution in [0.5, 0.6) is 11.5 Å². The van der Waals surface area contributed by atoms with Crippen molar-refractivity contribution in [3.8, 4) is 11.5 Å². The minimum Gasteiger partial charge on any atom is -0.494 e. The lowest BCUT2D eigenvalue weighted by Crippen LogP contribution is -2.31. The Hall–Kier alpha value is -1.75. The Morgan fingerprint density at radius 1 is 1.50 bits per heavy atom. The normalized spacial score (nSPS) is 16.4. The molecule has 1 amide bonds. The van der Waals surface area contributed by atoms with Crippen LogP contribution < -0.4 is 20.1 Å². The number of ether oxygens (including phenoxy) is 2. The number of fused-ring (bicyclic) bond motifs is 1. The highest BCUT2D eigenvalue weighted by molar-refractivity contribution is 5.77. The van der Waals surface area contributed by atoms with E-state index in [2.05, 4.69) is 23.6 Å². The Morgan fingerprint density at radius 2 is 2.30 bits per heavy atom. The van der Waals surface area contributed by atoms with E-state index < -0.39 is 0 Å². The number of carbonyl (C=O) groups is 1. The van der Waals surface area contributed by atoms with Crippen LogP contribution in [0.25, 0.3) is 0 Å². The van der Waals surface area contributed by atoms with Gasteiger partial charge < -0.3 is 20.1 Å². The largest absolute Gasteiger partial charge is 0.494 e. The van der Waals surface area contributed by atoms with E-state index in [1.807, 2.05) is 13.0 Å². The SMILES string of the molecule is CCOc1cc2c(cc1CNCC(=O)NC)OC(C)C2. The van der Waals surface area contributed by atoms with Crippen molar-refractivity contribution in [3.63, 3.8) is 0 Å². The molecule has 0 fully saturated rings. The number of nitrogens with one attached hydrogen (secondary N) is 2. The highest BCUT2D eigenvalue weighted by atomic mass is 16.5. The van der Waals surface area contributed by atoms with E-state index in [9.17, 15) is 4.79 Å². The first-order valence-electron chi connectivity index (χ1n) is 7.00. The molecule has 0 aromatic heterocycles. The molecule has 1 unspecified atom stereocenters. The maximum Gasteiger partial charge on any atom is 0.233 e. The monoisotopic (exact) mass is 278 g/mol. The van der Waals surface area contributed by atoms with Crippen LogP contribution in [0.15, 0.2) is 12.1 Å². The summed E-state index contributed by atoms with van der Waals surface area (Å²) in [6, 6.07) is 4.07. The molecule has 1 aliphatic rings. The first-order valence-corrected chi connectivity index (χ1v) is 7.00. The van der Waals surface area contributed by atoms with E-state index in [0.717, 1.165) is 23.5 Å². The number of amides is 1. The third kappa shape index (κ3) is 3.42. The predicted molar refractivity (Wildman–Crippen MR) is 77.2 cm³/mol. The molecule has 20 heavy (non-hydrogen) atoms. The van der Waals surface area contributed by atoms with Crippen LogP contribution >= 0.6 is 0 Å². The fourth-order valence-corrected chi connectivity index (χ4v) is 2.31. The van der Waals surface area contributed by atoms with Gasteiger partial charge in [-0.15, -0.1) is 0 Å². The molecule has 0 aliphatic carbocycles. The third-order valence-corrected chi connectivity index (χ3v) is 3.26. The number of rotatable bonds is 6. The summed E-state index contributed by atoms with van der Waals surface area (Å²) in [5, 5.41) is 5.69. The van der Waals surface area contributed by atoms with Gasteiger partial charge in [-0.1, -0.05) is 0 Å². The second-order valence-electron chi connectivity index (χ2n) is 4.91. The van der Waals surface area contributed by atoms with Crippen LogP contribution in [0.2, 0.25) is 0 Å². The van der Waals surface area contributed by atoms with Crippen LogP contribution in [0.4, 0.5) is 0 Å². The molecule has 1 aliphatic heterocycles. The van der Waals surface area contributed by atoms with Crippen molar-refractivity contribution in [1.29, 1.82) is 0 Å². The Labute approximate surface area is 119 Å². The highest BCUT2D eigenvalue weighted by Crippen LogP contribution is 2.35. The summed E-state index contributed by atoms with van der Waals surface area (Å²) in [5.74, 6) is 1.76. The number of hydrogen-bond donors (Lipinski definition) is 2.